The summed E-state index contributed by atoms with van der Waals surface area (Å²) < 4.78 is 5.26. The van der Waals surface area contributed by atoms with Crippen LogP contribution in [-0.4, -0.2) is 19.6 Å². The van der Waals surface area contributed by atoms with Crippen LogP contribution in [-0.2, 0) is 11.3 Å². The number of dihydropyridines is 1. The summed E-state index contributed by atoms with van der Waals surface area (Å²) in [4.78, 5) is 6.86. The molecule has 0 bridgehead atoms. The first-order valence-electron chi connectivity index (χ1n) is 10.2. The van der Waals surface area contributed by atoms with Gasteiger partial charge in [-0.05, 0) is 35.8 Å². The number of rotatable bonds is 4. The molecule has 0 saturated carbocycles. The highest BCUT2D eigenvalue weighted by atomic mass is 16.5. The van der Waals surface area contributed by atoms with Crippen molar-refractivity contribution in [2.24, 2.45) is 10.4 Å². The van der Waals surface area contributed by atoms with Crippen LogP contribution in [0, 0.1) is 12.3 Å². The molecule has 1 unspecified atom stereocenters. The molecule has 0 amide bonds. The third-order valence-electron chi connectivity index (χ3n) is 5.96. The highest BCUT2D eigenvalue weighted by molar-refractivity contribution is 5.93. The molecular formula is C27H28N2O. The van der Waals surface area contributed by atoms with Gasteiger partial charge in [0.1, 0.15) is 0 Å². The zero-order chi connectivity index (χ0) is 21.3. The number of aliphatic imine (C=N–C) groups is 1. The number of anilines is 1. The minimum Gasteiger partial charge on any atom is -0.481 e. The summed E-state index contributed by atoms with van der Waals surface area (Å²) >= 11 is 0. The number of allylic oxidation sites excluding steroid dienone is 2. The molecule has 2 heterocycles. The van der Waals surface area contributed by atoms with Crippen LogP contribution < -0.4 is 4.90 Å². The summed E-state index contributed by atoms with van der Waals surface area (Å²) in [5, 5.41) is 0. The Labute approximate surface area is 179 Å². The van der Waals surface area contributed by atoms with Crippen molar-refractivity contribution in [3.8, 4) is 0 Å². The number of nitrogens with zero attached hydrogens (tertiary/aromatic N) is 2. The number of fused-ring (bicyclic) bond motifs is 1. The van der Waals surface area contributed by atoms with Crippen molar-refractivity contribution in [1.29, 1.82) is 0 Å². The van der Waals surface area contributed by atoms with Gasteiger partial charge in [0.05, 0.1) is 13.7 Å². The zero-order valence-electron chi connectivity index (χ0n) is 18.0. The Morgan fingerprint density at radius 3 is 2.70 bits per heavy atom. The average molecular weight is 397 g/mol. The van der Waals surface area contributed by atoms with Crippen molar-refractivity contribution >= 4 is 17.2 Å². The summed E-state index contributed by atoms with van der Waals surface area (Å²) in [6, 6.07) is 17.1. The lowest BCUT2D eigenvalue weighted by atomic mass is 9.74. The highest BCUT2D eigenvalue weighted by Gasteiger charge is 2.33. The molecule has 30 heavy (non-hydrogen) atoms. The Balaban J connectivity index is 1.71. The van der Waals surface area contributed by atoms with E-state index in [4.69, 9.17) is 4.74 Å². The van der Waals surface area contributed by atoms with Gasteiger partial charge in [0, 0.05) is 35.0 Å². The molecule has 3 nitrogen and oxygen atoms in total. The van der Waals surface area contributed by atoms with Gasteiger partial charge in [-0.15, -0.1) is 0 Å². The molecule has 2 aromatic carbocycles. The van der Waals surface area contributed by atoms with Crippen LogP contribution in [0.4, 0.5) is 5.69 Å². The lowest BCUT2D eigenvalue weighted by molar-refractivity contribution is 0.394. The van der Waals surface area contributed by atoms with Crippen molar-refractivity contribution < 1.29 is 4.74 Å². The molecule has 4 rings (SSSR count). The quantitative estimate of drug-likeness (QED) is 0.625. The molecule has 0 N–H and O–H groups in total. The van der Waals surface area contributed by atoms with E-state index in [1.807, 2.05) is 6.08 Å². The van der Waals surface area contributed by atoms with Crippen LogP contribution in [0.15, 0.2) is 96.2 Å². The number of methoxy groups -OCH3 is 1. The third kappa shape index (κ3) is 3.63. The molecule has 2 aliphatic rings. The van der Waals surface area contributed by atoms with Crippen molar-refractivity contribution in [3.63, 3.8) is 0 Å². The second kappa shape index (κ2) is 7.83. The Bertz CT molecular complexity index is 1110. The lowest BCUT2D eigenvalue weighted by Crippen LogP contribution is -2.28. The zero-order valence-corrected chi connectivity index (χ0v) is 18.0. The smallest absolute Gasteiger partial charge is 0.207 e. The number of hydrogen-bond donors (Lipinski definition) is 0. The number of ether oxygens (including phenoxy) is 1. The summed E-state index contributed by atoms with van der Waals surface area (Å²) in [6.07, 6.45) is 6.27. The molecular weight excluding hydrogens is 368 g/mol. The van der Waals surface area contributed by atoms with Crippen molar-refractivity contribution in [1.82, 2.24) is 0 Å². The first-order valence-corrected chi connectivity index (χ1v) is 10.2. The molecule has 0 fully saturated rings. The molecule has 0 spiro atoms. The standard InChI is InChI=1S/C27H28N2O/c1-19-9-8-10-22(15-19)16-29-17-24(20(2)23-11-6-7-12-25(23)29)21(3)27(4)14-13-26(30-5)28-18-27/h6-15,17H,2-3,16,18H2,1,4-5H3. The van der Waals surface area contributed by atoms with Gasteiger partial charge in [0.2, 0.25) is 5.90 Å². The van der Waals surface area contributed by atoms with Gasteiger partial charge in [-0.2, -0.15) is 0 Å². The molecule has 0 aromatic heterocycles. The van der Waals surface area contributed by atoms with Crippen molar-refractivity contribution in [2.45, 2.75) is 20.4 Å². The molecule has 3 heteroatoms. The highest BCUT2D eigenvalue weighted by Crippen LogP contribution is 2.45. The van der Waals surface area contributed by atoms with Gasteiger partial charge in [0.15, 0.2) is 0 Å². The minimum atomic E-state index is -0.280. The first-order chi connectivity index (χ1) is 14.4. The topological polar surface area (TPSA) is 24.8 Å². The van der Waals surface area contributed by atoms with E-state index in [2.05, 4.69) is 97.7 Å². The monoisotopic (exact) mass is 396 g/mol. The van der Waals surface area contributed by atoms with E-state index < -0.39 is 0 Å². The molecule has 0 radical (unpaired) electrons. The molecule has 0 aliphatic carbocycles. The normalized spacial score (nSPS) is 20.4. The summed E-state index contributed by atoms with van der Waals surface area (Å²) in [5.41, 5.74) is 7.68. The first kappa shape index (κ1) is 20.0. The van der Waals surface area contributed by atoms with Crippen molar-refractivity contribution in [2.75, 3.05) is 18.6 Å². The predicted octanol–water partition coefficient (Wildman–Crippen LogP) is 6.09. The molecule has 0 saturated heterocycles. The predicted molar refractivity (Wildman–Crippen MR) is 127 cm³/mol. The van der Waals surface area contributed by atoms with E-state index in [-0.39, 0.29) is 5.41 Å². The Kier molecular flexibility index (Phi) is 5.21. The van der Waals surface area contributed by atoms with Gasteiger partial charge < -0.3 is 9.64 Å². The fraction of sp³-hybridized carbons (Fsp3) is 0.222. The van der Waals surface area contributed by atoms with E-state index in [1.54, 1.807) is 7.11 Å². The van der Waals surface area contributed by atoms with Gasteiger partial charge in [0.25, 0.3) is 0 Å². The third-order valence-corrected chi connectivity index (χ3v) is 5.96. The van der Waals surface area contributed by atoms with Gasteiger partial charge in [-0.25, -0.2) is 0 Å². The van der Waals surface area contributed by atoms with Crippen LogP contribution in [0.25, 0.3) is 5.57 Å². The fourth-order valence-corrected chi connectivity index (χ4v) is 4.06. The lowest BCUT2D eigenvalue weighted by Gasteiger charge is -2.36. The van der Waals surface area contributed by atoms with E-state index in [0.29, 0.717) is 12.4 Å². The maximum absolute atomic E-state index is 5.26. The molecule has 2 aliphatic heterocycles. The van der Waals surface area contributed by atoms with Crippen LogP contribution in [0.1, 0.15) is 23.6 Å². The largest absolute Gasteiger partial charge is 0.481 e. The average Bonchev–Trinajstić information content (AvgIpc) is 2.76. The summed E-state index contributed by atoms with van der Waals surface area (Å²) in [5.74, 6) is 0.656. The Morgan fingerprint density at radius 1 is 1.20 bits per heavy atom. The molecule has 1 atom stereocenters. The maximum atomic E-state index is 5.26. The summed E-state index contributed by atoms with van der Waals surface area (Å²) in [6.45, 7) is 14.6. The number of para-hydroxylation sites is 1. The van der Waals surface area contributed by atoms with E-state index in [1.165, 1.54) is 16.8 Å². The second-order valence-electron chi connectivity index (χ2n) is 8.24. The number of benzene rings is 2. The summed E-state index contributed by atoms with van der Waals surface area (Å²) in [7, 11) is 1.65. The van der Waals surface area contributed by atoms with Crippen molar-refractivity contribution in [3.05, 3.63) is 108 Å². The number of aryl methyl sites for hydroxylation is 1. The van der Waals surface area contributed by atoms with Gasteiger partial charge >= 0.3 is 0 Å². The maximum Gasteiger partial charge on any atom is 0.207 e. The second-order valence-corrected chi connectivity index (χ2v) is 8.24. The minimum absolute atomic E-state index is 0.280. The molecule has 152 valence electrons. The van der Waals surface area contributed by atoms with E-state index in [0.717, 1.165) is 28.8 Å². The Hall–Kier alpha value is -3.33. The van der Waals surface area contributed by atoms with E-state index in [9.17, 15) is 0 Å². The molecule has 2 aromatic rings. The fourth-order valence-electron chi connectivity index (χ4n) is 4.06. The van der Waals surface area contributed by atoms with Crippen LogP contribution in [0.3, 0.4) is 0 Å². The van der Waals surface area contributed by atoms with Crippen LogP contribution in [0.5, 0.6) is 0 Å². The number of hydrogen-bond acceptors (Lipinski definition) is 3. The van der Waals surface area contributed by atoms with E-state index >= 15 is 0 Å². The SMILES string of the molecule is C=C1C(C(=C)C2(C)C=CC(OC)=NC2)=CN(Cc2cccc(C)c2)c2ccccc21. The van der Waals surface area contributed by atoms with Crippen LogP contribution in [0.2, 0.25) is 0 Å². The Morgan fingerprint density at radius 2 is 2.00 bits per heavy atom. The van der Waals surface area contributed by atoms with Gasteiger partial charge in [-0.1, -0.05) is 74.2 Å². The van der Waals surface area contributed by atoms with Crippen LogP contribution >= 0.6 is 0 Å². The van der Waals surface area contributed by atoms with Gasteiger partial charge in [-0.3, -0.25) is 4.99 Å².